The van der Waals surface area contributed by atoms with Gasteiger partial charge in [-0.15, -0.1) is 0 Å². The second kappa shape index (κ2) is 9.00. The van der Waals surface area contributed by atoms with Crippen molar-refractivity contribution in [2.45, 2.75) is 64.3 Å². The van der Waals surface area contributed by atoms with E-state index in [9.17, 15) is 0 Å². The second-order valence-corrected chi connectivity index (χ2v) is 9.44. The number of thioether (sulfide) groups is 1. The van der Waals surface area contributed by atoms with Gasteiger partial charge in [0.25, 0.3) is 0 Å². The minimum atomic E-state index is 0.171. The monoisotopic (exact) mass is 406 g/mol. The lowest BCUT2D eigenvalue weighted by molar-refractivity contribution is 0.453. The maximum absolute atomic E-state index is 6.06. The molecule has 1 heterocycles. The summed E-state index contributed by atoms with van der Waals surface area (Å²) in [4.78, 5) is 9.31. The van der Waals surface area contributed by atoms with Crippen molar-refractivity contribution in [3.8, 4) is 11.6 Å². The lowest BCUT2D eigenvalue weighted by Crippen LogP contribution is -2.10. The van der Waals surface area contributed by atoms with Gasteiger partial charge in [0.2, 0.25) is 5.88 Å². The van der Waals surface area contributed by atoms with Gasteiger partial charge in [-0.25, -0.2) is 4.98 Å². The summed E-state index contributed by atoms with van der Waals surface area (Å²) in [5.74, 6) is 2.25. The molecule has 0 saturated carbocycles. The topological polar surface area (TPSA) is 35.0 Å². The van der Waals surface area contributed by atoms with Gasteiger partial charge >= 0.3 is 0 Å². The van der Waals surface area contributed by atoms with Crippen molar-refractivity contribution in [3.05, 3.63) is 76.5 Å². The van der Waals surface area contributed by atoms with Crippen LogP contribution in [0.3, 0.4) is 0 Å². The van der Waals surface area contributed by atoms with Crippen LogP contribution in [0.2, 0.25) is 0 Å². The van der Waals surface area contributed by atoms with E-state index in [1.807, 2.05) is 18.2 Å². The zero-order valence-electron chi connectivity index (χ0n) is 18.2. The first-order valence-electron chi connectivity index (χ1n) is 10.1. The van der Waals surface area contributed by atoms with E-state index in [2.05, 4.69) is 81.8 Å². The predicted octanol–water partition coefficient (Wildman–Crippen LogP) is 7.04. The summed E-state index contributed by atoms with van der Waals surface area (Å²) in [5, 5.41) is 0.753. The van der Waals surface area contributed by atoms with Crippen LogP contribution in [0.5, 0.6) is 11.6 Å². The van der Waals surface area contributed by atoms with Crippen molar-refractivity contribution in [1.82, 2.24) is 9.97 Å². The number of ether oxygens (including phenoxy) is 1. The molecule has 3 nitrogen and oxygen atoms in total. The zero-order chi connectivity index (χ0) is 21.0. The molecule has 0 fully saturated rings. The fourth-order valence-electron chi connectivity index (χ4n) is 3.11. The minimum absolute atomic E-state index is 0.171. The molecular formula is C25H30N2OS. The lowest BCUT2D eigenvalue weighted by atomic mass is 9.87. The van der Waals surface area contributed by atoms with E-state index in [4.69, 9.17) is 4.74 Å². The van der Waals surface area contributed by atoms with Crippen LogP contribution in [0.15, 0.2) is 53.7 Å². The Bertz CT molecular complexity index is 955. The first-order valence-corrected chi connectivity index (χ1v) is 11.1. The average Bonchev–Trinajstić information content (AvgIpc) is 2.65. The molecule has 0 unspecified atom stereocenters. The molecule has 152 valence electrons. The van der Waals surface area contributed by atoms with Gasteiger partial charge < -0.3 is 4.74 Å². The average molecular weight is 407 g/mol. The molecular weight excluding hydrogens is 376 g/mol. The van der Waals surface area contributed by atoms with Crippen molar-refractivity contribution < 1.29 is 4.74 Å². The molecule has 0 aliphatic rings. The molecule has 2 aromatic carbocycles. The second-order valence-electron chi connectivity index (χ2n) is 8.49. The Balaban J connectivity index is 1.74. The molecule has 3 rings (SSSR count). The van der Waals surface area contributed by atoms with E-state index in [0.717, 1.165) is 28.8 Å². The fraction of sp³-hybridized carbons (Fsp3) is 0.360. The van der Waals surface area contributed by atoms with E-state index in [1.54, 1.807) is 11.8 Å². The van der Waals surface area contributed by atoms with Crippen LogP contribution in [0.4, 0.5) is 0 Å². The number of benzene rings is 2. The van der Waals surface area contributed by atoms with Gasteiger partial charge in [-0.3, -0.25) is 0 Å². The summed E-state index contributed by atoms with van der Waals surface area (Å²) in [7, 11) is 0. The van der Waals surface area contributed by atoms with Crippen molar-refractivity contribution in [2.24, 2.45) is 0 Å². The Morgan fingerprint density at radius 3 is 2.14 bits per heavy atom. The molecule has 0 bridgehead atoms. The van der Waals surface area contributed by atoms with Crippen LogP contribution in [0.25, 0.3) is 0 Å². The molecule has 3 aromatic rings. The number of aromatic nitrogens is 2. The minimum Gasteiger partial charge on any atom is -0.439 e. The maximum Gasteiger partial charge on any atom is 0.223 e. The Morgan fingerprint density at radius 1 is 0.897 bits per heavy atom. The maximum atomic E-state index is 6.06. The van der Waals surface area contributed by atoms with E-state index >= 15 is 0 Å². The van der Waals surface area contributed by atoms with E-state index < -0.39 is 0 Å². The molecule has 0 saturated heterocycles. The Hall–Kier alpha value is -2.33. The summed E-state index contributed by atoms with van der Waals surface area (Å²) < 4.78 is 6.06. The highest BCUT2D eigenvalue weighted by Crippen LogP contribution is 2.28. The van der Waals surface area contributed by atoms with E-state index in [0.29, 0.717) is 5.88 Å². The summed E-state index contributed by atoms with van der Waals surface area (Å²) >= 11 is 1.65. The third kappa shape index (κ3) is 6.07. The SMILES string of the molecule is CCc1cc(Oc2cc(C)cc(C)c2)nc(SCc2ccc(C(C)(C)C)cc2)n1. The zero-order valence-corrected chi connectivity index (χ0v) is 19.1. The first kappa shape index (κ1) is 21.4. The van der Waals surface area contributed by atoms with Crippen LogP contribution in [-0.4, -0.2) is 9.97 Å². The Morgan fingerprint density at radius 2 is 1.55 bits per heavy atom. The van der Waals surface area contributed by atoms with Gasteiger partial charge in [0.1, 0.15) is 5.75 Å². The molecule has 4 heteroatoms. The molecule has 0 atom stereocenters. The number of aryl methyl sites for hydroxylation is 3. The van der Waals surface area contributed by atoms with Gasteiger partial charge in [-0.2, -0.15) is 4.98 Å². The quantitative estimate of drug-likeness (QED) is 0.325. The third-order valence-electron chi connectivity index (χ3n) is 4.70. The van der Waals surface area contributed by atoms with Crippen LogP contribution < -0.4 is 4.74 Å². The number of rotatable bonds is 6. The van der Waals surface area contributed by atoms with Crippen LogP contribution in [-0.2, 0) is 17.6 Å². The van der Waals surface area contributed by atoms with Crippen LogP contribution in [0, 0.1) is 13.8 Å². The highest BCUT2D eigenvalue weighted by molar-refractivity contribution is 7.98. The summed E-state index contributed by atoms with van der Waals surface area (Å²) in [6.07, 6.45) is 0.847. The lowest BCUT2D eigenvalue weighted by Gasteiger charge is -2.19. The largest absolute Gasteiger partial charge is 0.439 e. The molecule has 0 radical (unpaired) electrons. The molecule has 0 aliphatic carbocycles. The van der Waals surface area contributed by atoms with Gasteiger partial charge in [-0.1, -0.05) is 69.8 Å². The number of hydrogen-bond donors (Lipinski definition) is 0. The van der Waals surface area contributed by atoms with Gasteiger partial charge in [0.15, 0.2) is 5.16 Å². The van der Waals surface area contributed by atoms with E-state index in [-0.39, 0.29) is 5.41 Å². The molecule has 29 heavy (non-hydrogen) atoms. The molecule has 0 aliphatic heterocycles. The summed E-state index contributed by atoms with van der Waals surface area (Å²) in [6, 6.07) is 17.0. The van der Waals surface area contributed by atoms with Gasteiger partial charge in [-0.05, 0) is 60.1 Å². The van der Waals surface area contributed by atoms with Gasteiger partial charge in [0.05, 0.1) is 0 Å². The standard InChI is InChI=1S/C25H30N2OS/c1-7-21-15-23(28-22-13-17(2)12-18(3)14-22)27-24(26-21)29-16-19-8-10-20(11-9-19)25(4,5)6/h8-15H,7,16H2,1-6H3. The smallest absolute Gasteiger partial charge is 0.223 e. The summed E-state index contributed by atoms with van der Waals surface area (Å²) in [6.45, 7) is 12.9. The highest BCUT2D eigenvalue weighted by Gasteiger charge is 2.13. The van der Waals surface area contributed by atoms with Crippen molar-refractivity contribution >= 4 is 11.8 Å². The number of hydrogen-bond acceptors (Lipinski definition) is 4. The Kier molecular flexibility index (Phi) is 6.63. The van der Waals surface area contributed by atoms with Crippen LogP contribution >= 0.6 is 11.8 Å². The van der Waals surface area contributed by atoms with Crippen molar-refractivity contribution in [3.63, 3.8) is 0 Å². The highest BCUT2D eigenvalue weighted by atomic mass is 32.2. The normalized spacial score (nSPS) is 11.5. The predicted molar refractivity (Wildman–Crippen MR) is 122 cm³/mol. The fourth-order valence-corrected chi connectivity index (χ4v) is 3.93. The first-order chi connectivity index (χ1) is 13.7. The van der Waals surface area contributed by atoms with Crippen molar-refractivity contribution in [2.75, 3.05) is 0 Å². The van der Waals surface area contributed by atoms with E-state index in [1.165, 1.54) is 22.3 Å². The number of nitrogens with zero attached hydrogens (tertiary/aromatic N) is 2. The van der Waals surface area contributed by atoms with Crippen molar-refractivity contribution in [1.29, 1.82) is 0 Å². The molecule has 0 N–H and O–H groups in total. The summed E-state index contributed by atoms with van der Waals surface area (Å²) in [5.41, 5.74) is 6.14. The van der Waals surface area contributed by atoms with Gasteiger partial charge in [0, 0.05) is 17.5 Å². The third-order valence-corrected chi connectivity index (χ3v) is 5.62. The Labute approximate surface area is 179 Å². The molecule has 0 amide bonds. The molecule has 0 spiro atoms. The van der Waals surface area contributed by atoms with Crippen LogP contribution in [0.1, 0.15) is 55.6 Å². The molecule has 1 aromatic heterocycles.